The summed E-state index contributed by atoms with van der Waals surface area (Å²) in [4.78, 5) is 2.30. The van der Waals surface area contributed by atoms with Crippen molar-refractivity contribution in [3.63, 3.8) is 0 Å². The zero-order valence-electron chi connectivity index (χ0n) is 11.1. The van der Waals surface area contributed by atoms with Crippen LogP contribution in [0.15, 0.2) is 36.4 Å². The number of halogens is 1. The molecule has 1 aromatic carbocycles. The molecule has 0 aliphatic rings. The van der Waals surface area contributed by atoms with E-state index in [0.717, 1.165) is 18.8 Å². The Morgan fingerprint density at radius 2 is 1.68 bits per heavy atom. The van der Waals surface area contributed by atoms with Gasteiger partial charge in [-0.25, -0.2) is 0 Å². The molecule has 2 rings (SSSR count). The predicted molar refractivity (Wildman–Crippen MR) is 80.3 cm³/mol. The molecule has 0 unspecified atom stereocenters. The molecule has 0 radical (unpaired) electrons. The predicted octanol–water partition coefficient (Wildman–Crippen LogP) is 3.72. The lowest BCUT2D eigenvalue weighted by Crippen LogP contribution is -2.21. The van der Waals surface area contributed by atoms with Gasteiger partial charge in [-0.05, 0) is 50.2 Å². The van der Waals surface area contributed by atoms with Crippen LogP contribution >= 0.6 is 11.6 Å². The average Bonchev–Trinajstić information content (AvgIpc) is 2.44. The van der Waals surface area contributed by atoms with E-state index in [4.69, 9.17) is 11.6 Å². The Hall–Kier alpha value is -1.81. The summed E-state index contributed by atoms with van der Waals surface area (Å²) in [6, 6.07) is 11.8. The van der Waals surface area contributed by atoms with Gasteiger partial charge in [-0.2, -0.15) is 0 Å². The lowest BCUT2D eigenvalue weighted by molar-refractivity contribution is 0.866. The van der Waals surface area contributed by atoms with Crippen molar-refractivity contribution in [2.45, 2.75) is 13.8 Å². The molecule has 0 bridgehead atoms. The van der Waals surface area contributed by atoms with Crippen molar-refractivity contribution >= 4 is 28.8 Å². The number of anilines is 3. The fourth-order valence-electron chi connectivity index (χ4n) is 1.87. The fourth-order valence-corrected chi connectivity index (χ4v) is 1.98. The first-order valence-corrected chi connectivity index (χ1v) is 6.72. The molecule has 5 heteroatoms. The van der Waals surface area contributed by atoms with Gasteiger partial charge in [0.25, 0.3) is 0 Å². The van der Waals surface area contributed by atoms with Crippen LogP contribution in [0.2, 0.25) is 5.15 Å². The minimum atomic E-state index is 0.391. The second kappa shape index (κ2) is 6.38. The summed E-state index contributed by atoms with van der Waals surface area (Å²) in [5.41, 5.74) is 2.20. The molecule has 0 amide bonds. The lowest BCUT2D eigenvalue weighted by atomic mass is 10.2. The van der Waals surface area contributed by atoms with E-state index >= 15 is 0 Å². The quantitative estimate of drug-likeness (QED) is 0.904. The molecule has 1 N–H and O–H groups in total. The van der Waals surface area contributed by atoms with Gasteiger partial charge in [0.1, 0.15) is 0 Å². The summed E-state index contributed by atoms with van der Waals surface area (Å²) >= 11 is 5.70. The van der Waals surface area contributed by atoms with Crippen molar-refractivity contribution < 1.29 is 0 Å². The third-order valence-electron chi connectivity index (χ3n) is 2.90. The number of nitrogens with zero attached hydrogens (tertiary/aromatic N) is 3. The van der Waals surface area contributed by atoms with Crippen LogP contribution in [0.3, 0.4) is 0 Å². The Morgan fingerprint density at radius 3 is 2.21 bits per heavy atom. The summed E-state index contributed by atoms with van der Waals surface area (Å²) in [5, 5.41) is 11.3. The first-order valence-electron chi connectivity index (χ1n) is 6.34. The zero-order valence-corrected chi connectivity index (χ0v) is 11.9. The van der Waals surface area contributed by atoms with Gasteiger partial charge in [-0.1, -0.05) is 11.6 Å². The van der Waals surface area contributed by atoms with Crippen LogP contribution in [-0.2, 0) is 0 Å². The lowest BCUT2D eigenvalue weighted by Gasteiger charge is -2.21. The molecule has 0 fully saturated rings. The molecule has 0 atom stereocenters. The molecule has 1 heterocycles. The molecule has 4 nitrogen and oxygen atoms in total. The first kappa shape index (κ1) is 13.6. The molecule has 19 heavy (non-hydrogen) atoms. The van der Waals surface area contributed by atoms with E-state index in [1.807, 2.05) is 12.1 Å². The minimum Gasteiger partial charge on any atom is -0.372 e. The molecule has 2 aromatic rings. The molecule has 0 saturated carbocycles. The summed E-state index contributed by atoms with van der Waals surface area (Å²) in [6.07, 6.45) is 0. The second-order valence-corrected chi connectivity index (χ2v) is 4.47. The van der Waals surface area contributed by atoms with Crippen LogP contribution in [0.25, 0.3) is 0 Å². The Morgan fingerprint density at radius 1 is 1.00 bits per heavy atom. The van der Waals surface area contributed by atoms with Gasteiger partial charge in [0, 0.05) is 24.5 Å². The van der Waals surface area contributed by atoms with Crippen molar-refractivity contribution in [2.75, 3.05) is 23.3 Å². The van der Waals surface area contributed by atoms with Gasteiger partial charge in [0.2, 0.25) is 0 Å². The molecule has 0 aliphatic heterocycles. The summed E-state index contributed by atoms with van der Waals surface area (Å²) < 4.78 is 0. The van der Waals surface area contributed by atoms with Crippen LogP contribution < -0.4 is 10.2 Å². The van der Waals surface area contributed by atoms with Gasteiger partial charge < -0.3 is 10.2 Å². The Bertz CT molecular complexity index is 506. The number of rotatable bonds is 5. The highest BCUT2D eigenvalue weighted by molar-refractivity contribution is 6.29. The highest BCUT2D eigenvalue weighted by Gasteiger charge is 2.02. The van der Waals surface area contributed by atoms with Gasteiger partial charge in [0.15, 0.2) is 11.0 Å². The maximum absolute atomic E-state index is 5.70. The normalized spacial score (nSPS) is 10.3. The van der Waals surface area contributed by atoms with Gasteiger partial charge >= 0.3 is 0 Å². The van der Waals surface area contributed by atoms with E-state index in [0.29, 0.717) is 11.0 Å². The van der Waals surface area contributed by atoms with Crippen molar-refractivity contribution in [3.05, 3.63) is 41.6 Å². The molecule has 0 saturated heterocycles. The average molecular weight is 277 g/mol. The van der Waals surface area contributed by atoms with Gasteiger partial charge in [-0.3, -0.25) is 0 Å². The topological polar surface area (TPSA) is 41.0 Å². The maximum atomic E-state index is 5.70. The summed E-state index contributed by atoms with van der Waals surface area (Å²) in [6.45, 7) is 6.32. The molecule has 0 aliphatic carbocycles. The molecule has 1 aromatic heterocycles. The third kappa shape index (κ3) is 3.58. The standard InChI is InChI=1S/C14H17ClN4/c1-3-19(4-2)12-7-5-11(6-8-12)16-14-10-9-13(15)17-18-14/h5-10H,3-4H2,1-2H3,(H,16,18). The second-order valence-electron chi connectivity index (χ2n) is 4.09. The van der Waals surface area contributed by atoms with E-state index in [1.54, 1.807) is 12.1 Å². The minimum absolute atomic E-state index is 0.391. The van der Waals surface area contributed by atoms with Crippen molar-refractivity contribution in [1.29, 1.82) is 0 Å². The molecule has 0 spiro atoms. The summed E-state index contributed by atoms with van der Waals surface area (Å²) in [5.74, 6) is 0.681. The Balaban J connectivity index is 2.08. The number of benzene rings is 1. The van der Waals surface area contributed by atoms with Crippen LogP contribution in [0.5, 0.6) is 0 Å². The van der Waals surface area contributed by atoms with E-state index in [2.05, 4.69) is 46.4 Å². The SMILES string of the molecule is CCN(CC)c1ccc(Nc2ccc(Cl)nn2)cc1. The van der Waals surface area contributed by atoms with Crippen LogP contribution in [0, 0.1) is 0 Å². The van der Waals surface area contributed by atoms with Crippen LogP contribution in [0.1, 0.15) is 13.8 Å². The highest BCUT2D eigenvalue weighted by atomic mass is 35.5. The van der Waals surface area contributed by atoms with E-state index in [9.17, 15) is 0 Å². The molecule has 100 valence electrons. The van der Waals surface area contributed by atoms with E-state index < -0.39 is 0 Å². The fraction of sp³-hybridized carbons (Fsp3) is 0.286. The first-order chi connectivity index (χ1) is 9.22. The van der Waals surface area contributed by atoms with Crippen molar-refractivity contribution in [1.82, 2.24) is 10.2 Å². The van der Waals surface area contributed by atoms with Crippen LogP contribution in [-0.4, -0.2) is 23.3 Å². The number of nitrogens with one attached hydrogen (secondary N) is 1. The molecular formula is C14H17ClN4. The zero-order chi connectivity index (χ0) is 13.7. The van der Waals surface area contributed by atoms with Crippen LogP contribution in [0.4, 0.5) is 17.2 Å². The highest BCUT2D eigenvalue weighted by Crippen LogP contribution is 2.20. The van der Waals surface area contributed by atoms with Crippen molar-refractivity contribution in [2.24, 2.45) is 0 Å². The number of aromatic nitrogens is 2. The third-order valence-corrected chi connectivity index (χ3v) is 3.10. The number of hydrogen-bond donors (Lipinski definition) is 1. The van der Waals surface area contributed by atoms with E-state index in [1.165, 1.54) is 5.69 Å². The molecular weight excluding hydrogens is 260 g/mol. The number of hydrogen-bond acceptors (Lipinski definition) is 4. The maximum Gasteiger partial charge on any atom is 0.153 e. The Labute approximate surface area is 118 Å². The smallest absolute Gasteiger partial charge is 0.153 e. The monoisotopic (exact) mass is 276 g/mol. The van der Waals surface area contributed by atoms with Gasteiger partial charge in [-0.15, -0.1) is 10.2 Å². The van der Waals surface area contributed by atoms with Crippen molar-refractivity contribution in [3.8, 4) is 0 Å². The Kier molecular flexibility index (Phi) is 4.58. The van der Waals surface area contributed by atoms with Gasteiger partial charge in [0.05, 0.1) is 0 Å². The summed E-state index contributed by atoms with van der Waals surface area (Å²) in [7, 11) is 0. The van der Waals surface area contributed by atoms with E-state index in [-0.39, 0.29) is 0 Å². The largest absolute Gasteiger partial charge is 0.372 e.